The summed E-state index contributed by atoms with van der Waals surface area (Å²) in [5, 5.41) is 0. The number of carbonyl (C=O) groups excluding carboxylic acids is 4. The Hall–Kier alpha value is -3.82. The van der Waals surface area contributed by atoms with Crippen LogP contribution in [0.5, 0.6) is 11.5 Å². The fourth-order valence-corrected chi connectivity index (χ4v) is 5.96. The van der Waals surface area contributed by atoms with Gasteiger partial charge in [-0.15, -0.1) is 0 Å². The molecule has 1 spiro atoms. The molecule has 9 heteroatoms. The lowest BCUT2D eigenvalue weighted by Crippen LogP contribution is -2.51. The Morgan fingerprint density at radius 2 is 1.43 bits per heavy atom. The predicted octanol–water partition coefficient (Wildman–Crippen LogP) is 4.16. The lowest BCUT2D eigenvalue weighted by molar-refractivity contribution is -0.127. The maximum atomic E-state index is 14.0. The van der Waals surface area contributed by atoms with Crippen molar-refractivity contribution in [2.24, 2.45) is 11.8 Å². The highest BCUT2D eigenvalue weighted by atomic mass is 79.9. The second-order valence-corrected chi connectivity index (χ2v) is 10.00. The molecule has 8 nitrogen and oxygen atoms in total. The quantitative estimate of drug-likeness (QED) is 0.348. The number of halogens is 1. The van der Waals surface area contributed by atoms with Gasteiger partial charge in [0, 0.05) is 15.6 Å². The van der Waals surface area contributed by atoms with Crippen LogP contribution < -0.4 is 14.4 Å². The van der Waals surface area contributed by atoms with E-state index in [1.807, 2.05) is 0 Å². The maximum Gasteiger partial charge on any atom is 0.241 e. The number of hydrogen-bond donors (Lipinski definition) is 0. The van der Waals surface area contributed by atoms with Crippen molar-refractivity contribution in [1.29, 1.82) is 0 Å². The number of hydrogen-bond acceptors (Lipinski definition) is 7. The van der Waals surface area contributed by atoms with E-state index < -0.39 is 46.9 Å². The van der Waals surface area contributed by atoms with Crippen LogP contribution in [0.2, 0.25) is 0 Å². The zero-order valence-electron chi connectivity index (χ0n) is 19.8. The molecule has 0 saturated carbocycles. The summed E-state index contributed by atoms with van der Waals surface area (Å²) in [5.74, 6) is -3.98. The van der Waals surface area contributed by atoms with E-state index in [1.165, 1.54) is 14.2 Å². The van der Waals surface area contributed by atoms with E-state index >= 15 is 0 Å². The molecule has 2 aliphatic heterocycles. The van der Waals surface area contributed by atoms with E-state index in [9.17, 15) is 19.2 Å². The molecule has 3 aromatic rings. The van der Waals surface area contributed by atoms with Gasteiger partial charge in [-0.2, -0.15) is 0 Å². The number of nitrogens with zero attached hydrogens (tertiary/aromatic N) is 1. The predicted molar refractivity (Wildman–Crippen MR) is 135 cm³/mol. The topological polar surface area (TPSA) is 99.2 Å². The number of benzene rings is 3. The van der Waals surface area contributed by atoms with Gasteiger partial charge in [0.15, 0.2) is 11.5 Å². The number of carbonyl (C=O) groups is 4. The van der Waals surface area contributed by atoms with Crippen molar-refractivity contribution < 1.29 is 33.4 Å². The second kappa shape index (κ2) is 8.36. The van der Waals surface area contributed by atoms with Crippen molar-refractivity contribution in [3.63, 3.8) is 0 Å². The molecule has 0 radical (unpaired) electrons. The third-order valence-electron chi connectivity index (χ3n) is 7.34. The van der Waals surface area contributed by atoms with Crippen molar-refractivity contribution in [3.8, 4) is 11.5 Å². The van der Waals surface area contributed by atoms with Crippen LogP contribution in [0.3, 0.4) is 0 Å². The Bertz CT molecular complexity index is 1460. The normalized spacial score (nSPS) is 23.5. The van der Waals surface area contributed by atoms with Crippen molar-refractivity contribution >= 4 is 45.0 Å². The fourth-order valence-electron chi connectivity index (χ4n) is 5.69. The first kappa shape index (κ1) is 23.6. The Labute approximate surface area is 220 Å². The lowest BCUT2D eigenvalue weighted by Gasteiger charge is -2.27. The van der Waals surface area contributed by atoms with E-state index in [0.717, 1.165) is 9.37 Å². The summed E-state index contributed by atoms with van der Waals surface area (Å²) in [7, 11) is 2.97. The molecule has 3 aliphatic rings. The summed E-state index contributed by atoms with van der Waals surface area (Å²) in [5.41, 5.74) is -0.935. The number of imide groups is 1. The first-order valence-electron chi connectivity index (χ1n) is 11.5. The molecule has 0 unspecified atom stereocenters. The second-order valence-electron chi connectivity index (χ2n) is 9.08. The molecule has 2 amide bonds. The minimum Gasteiger partial charge on any atom is -0.493 e. The number of anilines is 1. The monoisotopic (exact) mass is 561 g/mol. The summed E-state index contributed by atoms with van der Waals surface area (Å²) in [6.07, 6.45) is -1.05. The largest absolute Gasteiger partial charge is 0.493 e. The van der Waals surface area contributed by atoms with Gasteiger partial charge in [-0.05, 0) is 42.0 Å². The van der Waals surface area contributed by atoms with Crippen LogP contribution in [0.15, 0.2) is 71.2 Å². The molecule has 6 rings (SSSR count). The summed E-state index contributed by atoms with van der Waals surface area (Å²) < 4.78 is 17.8. The summed E-state index contributed by atoms with van der Waals surface area (Å²) >= 11 is 3.36. The van der Waals surface area contributed by atoms with Crippen molar-refractivity contribution in [2.45, 2.75) is 11.7 Å². The molecule has 3 aromatic carbocycles. The minimum atomic E-state index is -2.14. The highest BCUT2D eigenvalue weighted by Crippen LogP contribution is 2.58. The average molecular weight is 562 g/mol. The SMILES string of the molecule is COc1ccc([C@@H]2OC3(C(=O)c4ccccc4C3=O)[C@H]3C(=O)N(c4ccc(Br)cc4)C(=O)[C@@H]23)cc1OC. The van der Waals surface area contributed by atoms with Crippen LogP contribution in [0.4, 0.5) is 5.69 Å². The van der Waals surface area contributed by atoms with Crippen LogP contribution in [-0.4, -0.2) is 43.2 Å². The molecule has 186 valence electrons. The molecule has 2 saturated heterocycles. The van der Waals surface area contributed by atoms with Crippen molar-refractivity contribution in [1.82, 2.24) is 0 Å². The van der Waals surface area contributed by atoms with Crippen LogP contribution in [-0.2, 0) is 14.3 Å². The van der Waals surface area contributed by atoms with Gasteiger partial charge in [-0.3, -0.25) is 19.2 Å². The number of methoxy groups -OCH3 is 2. The molecule has 0 aromatic heterocycles. The standard InChI is InChI=1S/C28H20BrNO7/c1-35-19-12-7-14(13-20(19)36-2)23-21-22(27(34)30(26(21)33)16-10-8-15(29)9-11-16)28(37-23)24(31)17-5-3-4-6-18(17)25(28)32/h3-13,21-23H,1-2H3/t21-,22-,23+/m1/s1. The fraction of sp³-hybridized carbons (Fsp3) is 0.214. The smallest absolute Gasteiger partial charge is 0.241 e. The molecular weight excluding hydrogens is 542 g/mol. The van der Waals surface area contributed by atoms with E-state index in [4.69, 9.17) is 14.2 Å². The van der Waals surface area contributed by atoms with E-state index in [2.05, 4.69) is 15.9 Å². The van der Waals surface area contributed by atoms with Gasteiger partial charge < -0.3 is 14.2 Å². The zero-order valence-corrected chi connectivity index (χ0v) is 21.4. The van der Waals surface area contributed by atoms with Crippen molar-refractivity contribution in [2.75, 3.05) is 19.1 Å². The van der Waals surface area contributed by atoms with Crippen LogP contribution in [0.1, 0.15) is 32.4 Å². The zero-order chi connectivity index (χ0) is 26.1. The number of fused-ring (bicyclic) bond motifs is 3. The van der Waals surface area contributed by atoms with Crippen LogP contribution >= 0.6 is 15.9 Å². The maximum absolute atomic E-state index is 14.0. The summed E-state index contributed by atoms with van der Waals surface area (Å²) in [6.45, 7) is 0. The van der Waals surface area contributed by atoms with Gasteiger partial charge in [0.1, 0.15) is 0 Å². The molecule has 0 bridgehead atoms. The Balaban J connectivity index is 1.54. The number of Topliss-reactive ketones (excluding diaryl/α,β-unsaturated/α-hetero) is 2. The van der Waals surface area contributed by atoms with Gasteiger partial charge in [0.2, 0.25) is 29.0 Å². The number of ether oxygens (including phenoxy) is 3. The van der Waals surface area contributed by atoms with Gasteiger partial charge >= 0.3 is 0 Å². The first-order valence-corrected chi connectivity index (χ1v) is 12.3. The Morgan fingerprint density at radius 1 is 0.811 bits per heavy atom. The molecule has 37 heavy (non-hydrogen) atoms. The average Bonchev–Trinajstić information content (AvgIpc) is 3.49. The third kappa shape index (κ3) is 3.10. The first-order chi connectivity index (χ1) is 17.8. The third-order valence-corrected chi connectivity index (χ3v) is 7.87. The molecule has 2 heterocycles. The highest BCUT2D eigenvalue weighted by molar-refractivity contribution is 9.10. The molecule has 0 N–H and O–H groups in total. The van der Waals surface area contributed by atoms with Gasteiger partial charge in [-0.25, -0.2) is 4.90 Å². The molecule has 1 aliphatic carbocycles. The number of amides is 2. The van der Waals surface area contributed by atoms with E-state index in [-0.39, 0.29) is 11.1 Å². The molecule has 2 fully saturated rings. The molecule has 3 atom stereocenters. The van der Waals surface area contributed by atoms with E-state index in [0.29, 0.717) is 22.7 Å². The van der Waals surface area contributed by atoms with Crippen molar-refractivity contribution in [3.05, 3.63) is 87.9 Å². The minimum absolute atomic E-state index is 0.182. The number of rotatable bonds is 4. The number of ketones is 2. The van der Waals surface area contributed by atoms with Gasteiger partial charge in [0.25, 0.3) is 0 Å². The summed E-state index contributed by atoms with van der Waals surface area (Å²) in [6, 6.07) is 18.0. The van der Waals surface area contributed by atoms with Gasteiger partial charge in [-0.1, -0.05) is 46.3 Å². The molecular formula is C28H20BrNO7. The van der Waals surface area contributed by atoms with Gasteiger partial charge in [0.05, 0.1) is 37.8 Å². The highest BCUT2D eigenvalue weighted by Gasteiger charge is 2.74. The van der Waals surface area contributed by atoms with Crippen LogP contribution in [0.25, 0.3) is 0 Å². The summed E-state index contributed by atoms with van der Waals surface area (Å²) in [4.78, 5) is 56.6. The lowest BCUT2D eigenvalue weighted by atomic mass is 9.77. The van der Waals surface area contributed by atoms with Crippen LogP contribution in [0, 0.1) is 11.8 Å². The van der Waals surface area contributed by atoms with E-state index in [1.54, 1.807) is 66.7 Å². The Morgan fingerprint density at radius 3 is 2.03 bits per heavy atom. The Kier molecular flexibility index (Phi) is 5.32.